The molecular weight excluding hydrogens is 352 g/mol. The minimum Gasteiger partial charge on any atom is -0.497 e. The highest BCUT2D eigenvalue weighted by Crippen LogP contribution is 2.40. The Bertz CT molecular complexity index is 780. The second kappa shape index (κ2) is 8.10. The molecule has 0 bridgehead atoms. The summed E-state index contributed by atoms with van der Waals surface area (Å²) in [7, 11) is 1.62. The van der Waals surface area contributed by atoms with E-state index in [1.54, 1.807) is 7.11 Å². The van der Waals surface area contributed by atoms with Crippen LogP contribution in [0.2, 0.25) is 0 Å². The summed E-state index contributed by atoms with van der Waals surface area (Å²) in [6.07, 6.45) is -4.69. The summed E-state index contributed by atoms with van der Waals surface area (Å²) in [5.41, 5.74) is 0.801. The summed E-state index contributed by atoms with van der Waals surface area (Å²) >= 11 is 0. The topological polar surface area (TPSA) is 109 Å². The van der Waals surface area contributed by atoms with Crippen LogP contribution < -0.4 is 4.74 Å². The molecule has 3 rings (SSSR count). The molecule has 0 spiro atoms. The average Bonchev–Trinajstić information content (AvgIpc) is 3.17. The summed E-state index contributed by atoms with van der Waals surface area (Å²) < 4.78 is 17.2. The number of aliphatic hydroxyl groups excluding tert-OH is 4. The zero-order valence-electron chi connectivity index (χ0n) is 15.4. The third-order valence-electron chi connectivity index (χ3n) is 5.09. The monoisotopic (exact) mass is 378 g/mol. The molecule has 27 heavy (non-hydrogen) atoms. The standard InChI is InChI=1S/C20H26O7/c1-3-20(26-11-17(27-20)19(24)18(23)16(22)10-21)14-6-4-13-9-15(25-2)7-5-12(13)8-14/h4-9,16-19,21-24H,3,10-11H2,1-2H3/t16-,17-,18-,19-,20+/m1/s1. The Morgan fingerprint density at radius 1 is 1.15 bits per heavy atom. The van der Waals surface area contributed by atoms with E-state index in [-0.39, 0.29) is 6.61 Å². The molecule has 1 heterocycles. The molecule has 148 valence electrons. The van der Waals surface area contributed by atoms with Gasteiger partial charge >= 0.3 is 0 Å². The molecule has 1 saturated heterocycles. The van der Waals surface area contributed by atoms with Gasteiger partial charge in [-0.2, -0.15) is 0 Å². The number of hydrogen-bond donors (Lipinski definition) is 4. The molecule has 1 aliphatic heterocycles. The van der Waals surface area contributed by atoms with E-state index in [0.29, 0.717) is 6.42 Å². The predicted octanol–water partition coefficient (Wildman–Crippen LogP) is 0.902. The van der Waals surface area contributed by atoms with Crippen molar-refractivity contribution in [3.05, 3.63) is 42.0 Å². The van der Waals surface area contributed by atoms with Crippen molar-refractivity contribution in [1.29, 1.82) is 0 Å². The van der Waals surface area contributed by atoms with Gasteiger partial charge < -0.3 is 34.6 Å². The lowest BCUT2D eigenvalue weighted by molar-refractivity contribution is -0.199. The molecule has 0 aliphatic carbocycles. The number of fused-ring (bicyclic) bond motifs is 1. The summed E-state index contributed by atoms with van der Waals surface area (Å²) in [5, 5.41) is 40.7. The summed E-state index contributed by atoms with van der Waals surface area (Å²) in [6, 6.07) is 11.6. The Morgan fingerprint density at radius 2 is 1.85 bits per heavy atom. The van der Waals surface area contributed by atoms with Crippen molar-refractivity contribution in [2.24, 2.45) is 0 Å². The van der Waals surface area contributed by atoms with Crippen molar-refractivity contribution in [1.82, 2.24) is 0 Å². The maximum atomic E-state index is 10.3. The number of hydrogen-bond acceptors (Lipinski definition) is 7. The molecule has 0 unspecified atom stereocenters. The van der Waals surface area contributed by atoms with Crippen LogP contribution in [0.4, 0.5) is 0 Å². The van der Waals surface area contributed by atoms with Crippen LogP contribution in [0.5, 0.6) is 5.75 Å². The Balaban J connectivity index is 1.85. The molecule has 1 aliphatic rings. The Kier molecular flexibility index (Phi) is 6.00. The van der Waals surface area contributed by atoms with Crippen molar-refractivity contribution < 1.29 is 34.6 Å². The van der Waals surface area contributed by atoms with Crippen molar-refractivity contribution in [3.8, 4) is 5.75 Å². The van der Waals surface area contributed by atoms with Gasteiger partial charge in [-0.15, -0.1) is 0 Å². The molecule has 2 aromatic rings. The van der Waals surface area contributed by atoms with Crippen molar-refractivity contribution >= 4 is 10.8 Å². The Hall–Kier alpha value is -1.74. The minimum atomic E-state index is -1.53. The largest absolute Gasteiger partial charge is 0.497 e. The number of ether oxygens (including phenoxy) is 3. The Labute approximate surface area is 157 Å². The fourth-order valence-corrected chi connectivity index (χ4v) is 3.38. The maximum Gasteiger partial charge on any atom is 0.195 e. The second-order valence-corrected chi connectivity index (χ2v) is 6.73. The number of aliphatic hydroxyl groups is 4. The molecule has 7 nitrogen and oxygen atoms in total. The summed E-state index contributed by atoms with van der Waals surface area (Å²) in [6.45, 7) is 1.32. The van der Waals surface area contributed by atoms with E-state index < -0.39 is 36.8 Å². The van der Waals surface area contributed by atoms with Crippen LogP contribution in [0.1, 0.15) is 18.9 Å². The van der Waals surface area contributed by atoms with Gasteiger partial charge in [-0.1, -0.05) is 25.1 Å². The third-order valence-corrected chi connectivity index (χ3v) is 5.09. The molecule has 2 aromatic carbocycles. The van der Waals surface area contributed by atoms with Crippen LogP contribution in [0.15, 0.2) is 36.4 Å². The van der Waals surface area contributed by atoms with Crippen LogP contribution in [0.3, 0.4) is 0 Å². The first kappa shape index (κ1) is 20.0. The van der Waals surface area contributed by atoms with Crippen LogP contribution >= 0.6 is 0 Å². The van der Waals surface area contributed by atoms with Crippen LogP contribution in [-0.4, -0.2) is 65.2 Å². The summed E-state index contributed by atoms with van der Waals surface area (Å²) in [5.74, 6) is -0.280. The molecule has 7 heteroatoms. The predicted molar refractivity (Wildman–Crippen MR) is 98.4 cm³/mol. The third kappa shape index (κ3) is 3.80. The lowest BCUT2D eigenvalue weighted by atomic mass is 9.99. The minimum absolute atomic E-state index is 0.0604. The lowest BCUT2D eigenvalue weighted by Gasteiger charge is -2.30. The Morgan fingerprint density at radius 3 is 2.52 bits per heavy atom. The van der Waals surface area contributed by atoms with Crippen LogP contribution in [-0.2, 0) is 15.3 Å². The lowest BCUT2D eigenvalue weighted by Crippen LogP contribution is -2.47. The maximum absolute atomic E-state index is 10.3. The molecule has 0 radical (unpaired) electrons. The van der Waals surface area contributed by atoms with Crippen LogP contribution in [0.25, 0.3) is 10.8 Å². The molecule has 0 saturated carbocycles. The number of benzene rings is 2. The van der Waals surface area contributed by atoms with Crippen LogP contribution in [0, 0.1) is 0 Å². The molecule has 0 amide bonds. The first-order valence-electron chi connectivity index (χ1n) is 8.99. The molecular formula is C20H26O7. The van der Waals surface area contributed by atoms with Gasteiger partial charge in [0.05, 0.1) is 20.3 Å². The summed E-state index contributed by atoms with van der Waals surface area (Å²) in [4.78, 5) is 0. The van der Waals surface area contributed by atoms with E-state index in [4.69, 9.17) is 19.3 Å². The van der Waals surface area contributed by atoms with Gasteiger partial charge in [0, 0.05) is 12.0 Å². The van der Waals surface area contributed by atoms with E-state index in [9.17, 15) is 15.3 Å². The fraction of sp³-hybridized carbons (Fsp3) is 0.500. The zero-order valence-corrected chi connectivity index (χ0v) is 15.4. The first-order valence-corrected chi connectivity index (χ1v) is 8.99. The van der Waals surface area contributed by atoms with Crippen molar-refractivity contribution in [2.45, 2.75) is 43.5 Å². The van der Waals surface area contributed by atoms with E-state index in [1.807, 2.05) is 43.3 Å². The van der Waals surface area contributed by atoms with E-state index in [0.717, 1.165) is 22.1 Å². The second-order valence-electron chi connectivity index (χ2n) is 6.73. The fourth-order valence-electron chi connectivity index (χ4n) is 3.38. The SMILES string of the molecule is CC[C@]1(c2ccc3cc(OC)ccc3c2)OC[C@H]([C@@H](O)[C@H](O)[C@H](O)CO)O1. The van der Waals surface area contributed by atoms with Crippen molar-refractivity contribution in [2.75, 3.05) is 20.3 Å². The van der Waals surface area contributed by atoms with Gasteiger partial charge in [-0.25, -0.2) is 0 Å². The smallest absolute Gasteiger partial charge is 0.195 e. The molecule has 0 aromatic heterocycles. The van der Waals surface area contributed by atoms with Gasteiger partial charge in [-0.05, 0) is 29.0 Å². The van der Waals surface area contributed by atoms with Gasteiger partial charge in [0.1, 0.15) is 30.2 Å². The highest BCUT2D eigenvalue weighted by atomic mass is 16.7. The number of methoxy groups -OCH3 is 1. The molecule has 1 fully saturated rings. The van der Waals surface area contributed by atoms with E-state index >= 15 is 0 Å². The zero-order chi connectivity index (χ0) is 19.6. The van der Waals surface area contributed by atoms with Gasteiger partial charge in [0.15, 0.2) is 5.79 Å². The highest BCUT2D eigenvalue weighted by molar-refractivity contribution is 5.84. The van der Waals surface area contributed by atoms with Gasteiger partial charge in [0.25, 0.3) is 0 Å². The van der Waals surface area contributed by atoms with E-state index in [2.05, 4.69) is 0 Å². The van der Waals surface area contributed by atoms with Crippen molar-refractivity contribution in [3.63, 3.8) is 0 Å². The quantitative estimate of drug-likeness (QED) is 0.567. The first-order chi connectivity index (χ1) is 12.9. The van der Waals surface area contributed by atoms with Gasteiger partial charge in [-0.3, -0.25) is 0 Å². The van der Waals surface area contributed by atoms with E-state index in [1.165, 1.54) is 0 Å². The normalized spacial score (nSPS) is 26.1. The molecule has 4 N–H and O–H groups in total. The van der Waals surface area contributed by atoms with Gasteiger partial charge in [0.2, 0.25) is 0 Å². The number of rotatable bonds is 7. The highest BCUT2D eigenvalue weighted by Gasteiger charge is 2.46. The molecule has 5 atom stereocenters. The average molecular weight is 378 g/mol.